The van der Waals surface area contributed by atoms with Crippen LogP contribution in [0.15, 0.2) is 42.2 Å². The van der Waals surface area contributed by atoms with Crippen LogP contribution in [-0.2, 0) is 6.54 Å². The van der Waals surface area contributed by atoms with Crippen molar-refractivity contribution in [3.05, 3.63) is 63.9 Å². The molecule has 1 N–H and O–H groups in total. The maximum absolute atomic E-state index is 4.65. The summed E-state index contributed by atoms with van der Waals surface area (Å²) in [6, 6.07) is 6.22. The van der Waals surface area contributed by atoms with Crippen LogP contribution in [0.3, 0.4) is 0 Å². The number of rotatable bonds is 5. The Hall–Kier alpha value is -2.11. The van der Waals surface area contributed by atoms with Gasteiger partial charge in [-0.15, -0.1) is 11.3 Å². The van der Waals surface area contributed by atoms with E-state index in [4.69, 9.17) is 0 Å². The number of nitrogens with zero attached hydrogens (tertiary/aromatic N) is 3. The topological polar surface area (TPSA) is 50.7 Å². The molecule has 3 aromatic rings. The van der Waals surface area contributed by atoms with E-state index in [1.807, 2.05) is 25.3 Å². The Balaban J connectivity index is 1.74. The Labute approximate surface area is 140 Å². The summed E-state index contributed by atoms with van der Waals surface area (Å²) in [4.78, 5) is 14.6. The van der Waals surface area contributed by atoms with E-state index in [-0.39, 0.29) is 6.04 Å². The first-order valence-corrected chi connectivity index (χ1v) is 8.53. The van der Waals surface area contributed by atoms with Gasteiger partial charge in [0.15, 0.2) is 5.82 Å². The van der Waals surface area contributed by atoms with Gasteiger partial charge in [-0.3, -0.25) is 4.98 Å². The molecule has 0 aliphatic rings. The highest BCUT2D eigenvalue weighted by molar-refractivity contribution is 7.10. The minimum absolute atomic E-state index is 0.211. The second-order valence-electron chi connectivity index (χ2n) is 5.60. The normalized spacial score (nSPS) is 12.3. The molecule has 23 heavy (non-hydrogen) atoms. The molecular formula is C18H20N4S. The van der Waals surface area contributed by atoms with Gasteiger partial charge in [0.05, 0.1) is 0 Å². The molecule has 0 aromatic carbocycles. The van der Waals surface area contributed by atoms with E-state index < -0.39 is 0 Å². The van der Waals surface area contributed by atoms with Gasteiger partial charge < -0.3 is 5.32 Å². The van der Waals surface area contributed by atoms with Crippen LogP contribution in [0.25, 0.3) is 11.4 Å². The number of aromatic nitrogens is 3. The molecule has 0 saturated carbocycles. The third-order valence-electron chi connectivity index (χ3n) is 3.96. The van der Waals surface area contributed by atoms with Crippen LogP contribution in [0.5, 0.6) is 0 Å². The first kappa shape index (κ1) is 15.8. The summed E-state index contributed by atoms with van der Waals surface area (Å²) >= 11 is 1.79. The number of nitrogens with one attached hydrogen (secondary N) is 1. The Morgan fingerprint density at radius 3 is 2.61 bits per heavy atom. The first-order valence-electron chi connectivity index (χ1n) is 7.65. The van der Waals surface area contributed by atoms with E-state index in [1.54, 1.807) is 23.7 Å². The molecule has 0 aliphatic carbocycles. The summed E-state index contributed by atoms with van der Waals surface area (Å²) in [6.07, 6.45) is 5.45. The van der Waals surface area contributed by atoms with E-state index in [0.717, 1.165) is 29.2 Å². The highest BCUT2D eigenvalue weighted by Crippen LogP contribution is 2.21. The number of thiophene rings is 1. The van der Waals surface area contributed by atoms with Gasteiger partial charge in [0.2, 0.25) is 0 Å². The second kappa shape index (κ2) is 6.98. The fourth-order valence-corrected chi connectivity index (χ4v) is 3.34. The van der Waals surface area contributed by atoms with Crippen molar-refractivity contribution < 1.29 is 0 Å². The lowest BCUT2D eigenvalue weighted by molar-refractivity contribution is 0.571. The van der Waals surface area contributed by atoms with Crippen molar-refractivity contribution in [2.75, 3.05) is 0 Å². The standard InChI is InChI=1S/C18H20N4S/c1-12-6-9-23-17(12)11-20-13(2)16-10-21-18(22-14(16)3)15-4-7-19-8-5-15/h4-10,13,20H,11H2,1-3H3. The Morgan fingerprint density at radius 2 is 1.96 bits per heavy atom. The molecule has 0 spiro atoms. The molecule has 0 aliphatic heterocycles. The zero-order valence-corrected chi connectivity index (χ0v) is 14.4. The molecule has 0 saturated heterocycles. The lowest BCUT2D eigenvalue weighted by atomic mass is 10.1. The summed E-state index contributed by atoms with van der Waals surface area (Å²) in [5.41, 5.74) is 4.48. The van der Waals surface area contributed by atoms with E-state index in [2.05, 4.69) is 45.6 Å². The molecule has 0 radical (unpaired) electrons. The summed E-state index contributed by atoms with van der Waals surface area (Å²) in [7, 11) is 0. The van der Waals surface area contributed by atoms with Crippen molar-refractivity contribution in [1.29, 1.82) is 0 Å². The fraction of sp³-hybridized carbons (Fsp3) is 0.278. The summed E-state index contributed by atoms with van der Waals surface area (Å²) in [5.74, 6) is 0.745. The Morgan fingerprint density at radius 1 is 1.17 bits per heavy atom. The van der Waals surface area contributed by atoms with E-state index in [0.29, 0.717) is 0 Å². The van der Waals surface area contributed by atoms with Crippen molar-refractivity contribution in [2.24, 2.45) is 0 Å². The van der Waals surface area contributed by atoms with Crippen LogP contribution in [0.4, 0.5) is 0 Å². The first-order chi connectivity index (χ1) is 11.1. The average molecular weight is 324 g/mol. The van der Waals surface area contributed by atoms with Gasteiger partial charge in [0, 0.05) is 52.9 Å². The molecule has 3 rings (SSSR count). The lowest BCUT2D eigenvalue weighted by Gasteiger charge is -2.16. The number of hydrogen-bond acceptors (Lipinski definition) is 5. The molecule has 0 bridgehead atoms. The number of pyridine rings is 1. The van der Waals surface area contributed by atoms with E-state index >= 15 is 0 Å². The molecule has 3 aromatic heterocycles. The lowest BCUT2D eigenvalue weighted by Crippen LogP contribution is -2.19. The van der Waals surface area contributed by atoms with Crippen LogP contribution in [0, 0.1) is 13.8 Å². The third kappa shape index (κ3) is 3.63. The van der Waals surface area contributed by atoms with Gasteiger partial charge in [-0.2, -0.15) is 0 Å². The fourth-order valence-electron chi connectivity index (χ4n) is 2.48. The average Bonchev–Trinajstić information content (AvgIpc) is 2.98. The molecule has 3 heterocycles. The summed E-state index contributed by atoms with van der Waals surface area (Å²) < 4.78 is 0. The van der Waals surface area contributed by atoms with Gasteiger partial charge in [-0.05, 0) is 49.9 Å². The van der Waals surface area contributed by atoms with Gasteiger partial charge in [0.1, 0.15) is 0 Å². The highest BCUT2D eigenvalue weighted by atomic mass is 32.1. The van der Waals surface area contributed by atoms with Gasteiger partial charge in [-0.25, -0.2) is 9.97 Å². The van der Waals surface area contributed by atoms with Crippen molar-refractivity contribution in [3.8, 4) is 11.4 Å². The smallest absolute Gasteiger partial charge is 0.159 e. The van der Waals surface area contributed by atoms with Crippen molar-refractivity contribution in [3.63, 3.8) is 0 Å². The second-order valence-corrected chi connectivity index (χ2v) is 6.60. The van der Waals surface area contributed by atoms with Crippen molar-refractivity contribution >= 4 is 11.3 Å². The highest BCUT2D eigenvalue weighted by Gasteiger charge is 2.12. The van der Waals surface area contributed by atoms with Crippen molar-refractivity contribution in [1.82, 2.24) is 20.3 Å². The molecule has 0 amide bonds. The molecule has 1 atom stereocenters. The van der Waals surface area contributed by atoms with Gasteiger partial charge >= 0.3 is 0 Å². The van der Waals surface area contributed by atoms with Crippen LogP contribution in [0.1, 0.15) is 34.7 Å². The predicted molar refractivity (Wildman–Crippen MR) is 94.3 cm³/mol. The molecule has 0 fully saturated rings. The van der Waals surface area contributed by atoms with E-state index in [9.17, 15) is 0 Å². The monoisotopic (exact) mass is 324 g/mol. The van der Waals surface area contributed by atoms with Crippen LogP contribution < -0.4 is 5.32 Å². The minimum Gasteiger partial charge on any atom is -0.305 e. The summed E-state index contributed by atoms with van der Waals surface area (Å²) in [5, 5.41) is 5.70. The van der Waals surface area contributed by atoms with Gasteiger partial charge in [-0.1, -0.05) is 0 Å². The third-order valence-corrected chi connectivity index (χ3v) is 4.98. The maximum Gasteiger partial charge on any atom is 0.159 e. The summed E-state index contributed by atoms with van der Waals surface area (Å²) in [6.45, 7) is 7.21. The van der Waals surface area contributed by atoms with Gasteiger partial charge in [0.25, 0.3) is 0 Å². The SMILES string of the molecule is Cc1ccsc1CNC(C)c1cnc(-c2ccncc2)nc1C. The molecule has 1 unspecified atom stereocenters. The van der Waals surface area contributed by atoms with Crippen LogP contribution in [-0.4, -0.2) is 15.0 Å². The zero-order chi connectivity index (χ0) is 16.2. The van der Waals surface area contributed by atoms with E-state index in [1.165, 1.54) is 10.4 Å². The minimum atomic E-state index is 0.211. The van der Waals surface area contributed by atoms with Crippen molar-refractivity contribution in [2.45, 2.75) is 33.4 Å². The number of hydrogen-bond donors (Lipinski definition) is 1. The maximum atomic E-state index is 4.65. The number of aryl methyl sites for hydroxylation is 2. The van der Waals surface area contributed by atoms with Crippen LogP contribution >= 0.6 is 11.3 Å². The Kier molecular flexibility index (Phi) is 4.79. The Bertz CT molecular complexity index is 783. The molecule has 4 nitrogen and oxygen atoms in total. The predicted octanol–water partition coefficient (Wildman–Crippen LogP) is 4.07. The molecule has 5 heteroatoms. The largest absolute Gasteiger partial charge is 0.305 e. The molecule has 118 valence electrons. The quantitative estimate of drug-likeness (QED) is 0.768. The van der Waals surface area contributed by atoms with Crippen LogP contribution in [0.2, 0.25) is 0 Å². The zero-order valence-electron chi connectivity index (χ0n) is 13.6. The molecular weight excluding hydrogens is 304 g/mol.